The minimum Gasteiger partial charge on any atom is -0.501 e. The van der Waals surface area contributed by atoms with Crippen molar-refractivity contribution in [3.8, 4) is 10.7 Å². The number of hydrogen-bond donors (Lipinski definition) is 2. The van der Waals surface area contributed by atoms with Crippen LogP contribution >= 0.6 is 22.7 Å². The predicted octanol–water partition coefficient (Wildman–Crippen LogP) is 5.56. The fourth-order valence-electron chi connectivity index (χ4n) is 2.50. The van der Waals surface area contributed by atoms with Crippen LogP contribution in [-0.4, -0.2) is 35.2 Å². The molecule has 2 aromatic heterocycles. The Morgan fingerprint density at radius 1 is 1.16 bits per heavy atom. The first-order valence-corrected chi connectivity index (χ1v) is 12.1. The third kappa shape index (κ3) is 10.2. The molecule has 0 radical (unpaired) electrons. The average Bonchev–Trinajstić information content (AvgIpc) is 3.44. The number of amides is 1. The lowest BCUT2D eigenvalue weighted by Crippen LogP contribution is -2.07. The monoisotopic (exact) mass is 475 g/mol. The van der Waals surface area contributed by atoms with Crippen LogP contribution in [0.1, 0.15) is 50.2 Å². The van der Waals surface area contributed by atoms with Crippen molar-refractivity contribution < 1.29 is 14.6 Å². The van der Waals surface area contributed by atoms with Gasteiger partial charge in [0.1, 0.15) is 16.5 Å². The van der Waals surface area contributed by atoms with Crippen LogP contribution in [0.25, 0.3) is 16.8 Å². The number of aliphatic hydroxyl groups is 1. The van der Waals surface area contributed by atoms with E-state index in [-0.39, 0.29) is 5.92 Å². The largest absolute Gasteiger partial charge is 0.501 e. The van der Waals surface area contributed by atoms with E-state index in [1.165, 1.54) is 13.2 Å². The van der Waals surface area contributed by atoms with Gasteiger partial charge in [-0.2, -0.15) is 0 Å². The highest BCUT2D eigenvalue weighted by molar-refractivity contribution is 7.14. The van der Waals surface area contributed by atoms with E-state index in [9.17, 15) is 4.79 Å². The molecule has 2 aromatic rings. The lowest BCUT2D eigenvalue weighted by atomic mass is 10.1. The predicted molar refractivity (Wildman–Crippen MR) is 135 cm³/mol. The van der Waals surface area contributed by atoms with Crippen molar-refractivity contribution in [2.45, 2.75) is 39.5 Å². The Balaban J connectivity index is 0.00000249. The van der Waals surface area contributed by atoms with Crippen LogP contribution in [0.3, 0.4) is 0 Å². The van der Waals surface area contributed by atoms with Crippen molar-refractivity contribution >= 4 is 34.7 Å². The molecule has 0 saturated heterocycles. The van der Waals surface area contributed by atoms with Gasteiger partial charge in [0.15, 0.2) is 0 Å². The molecule has 0 spiro atoms. The van der Waals surface area contributed by atoms with E-state index in [0.717, 1.165) is 34.9 Å². The van der Waals surface area contributed by atoms with Gasteiger partial charge in [0.25, 0.3) is 0 Å². The van der Waals surface area contributed by atoms with Gasteiger partial charge in [0.05, 0.1) is 17.8 Å². The third-order valence-electron chi connectivity index (χ3n) is 4.07. The molecule has 0 aliphatic carbocycles. The Kier molecular flexibility index (Phi) is 13.1. The lowest BCUT2D eigenvalue weighted by Gasteiger charge is -2.02. The molecule has 0 bridgehead atoms. The second-order valence-electron chi connectivity index (χ2n) is 7.11. The van der Waals surface area contributed by atoms with E-state index in [2.05, 4.69) is 55.4 Å². The van der Waals surface area contributed by atoms with E-state index in [0.29, 0.717) is 18.1 Å². The van der Waals surface area contributed by atoms with Gasteiger partial charge < -0.3 is 15.6 Å². The second-order valence-corrected chi connectivity index (χ2v) is 8.86. The van der Waals surface area contributed by atoms with Crippen molar-refractivity contribution in [2.75, 3.05) is 14.2 Å². The molecule has 2 rings (SSSR count). The Labute approximate surface area is 198 Å². The van der Waals surface area contributed by atoms with E-state index < -0.39 is 5.91 Å². The fraction of sp³-hybridized carbons (Fsp3) is 0.375. The highest BCUT2D eigenvalue weighted by atomic mass is 32.1. The molecule has 6 nitrogen and oxygen atoms in total. The molecule has 0 aromatic carbocycles. The van der Waals surface area contributed by atoms with Gasteiger partial charge in [0.2, 0.25) is 5.91 Å². The van der Waals surface area contributed by atoms with Crippen LogP contribution < -0.4 is 5.73 Å². The number of carbonyl (C=O) groups excluding carboxylic acids is 1. The molecule has 1 atom stereocenters. The summed E-state index contributed by atoms with van der Waals surface area (Å²) in [5.74, 6) is 0.893. The Bertz CT molecular complexity index is 940. The van der Waals surface area contributed by atoms with Crippen LogP contribution in [-0.2, 0) is 9.53 Å². The summed E-state index contributed by atoms with van der Waals surface area (Å²) in [6.07, 6.45) is 15.2. The standard InChI is InChI=1S/C23H29N3O2S2.CH4O/c1-16(2)9-5-6-10-17(3)22-26-20(15-30-22)23-25-18(14-29-23)11-7-8-12-19(28-4)13-21(24)27;1-2/h5-7,9-11,13-17H,8,12H2,1-4H3,(H2,24,27);2H,1H3/b9-5+,10-6+,11-7+,19-13-;. The lowest BCUT2D eigenvalue weighted by molar-refractivity contribution is -0.113. The van der Waals surface area contributed by atoms with Crippen LogP contribution in [0.5, 0.6) is 0 Å². The number of carbonyl (C=O) groups is 1. The van der Waals surface area contributed by atoms with E-state index in [4.69, 9.17) is 20.6 Å². The summed E-state index contributed by atoms with van der Waals surface area (Å²) in [6.45, 7) is 6.48. The van der Waals surface area contributed by atoms with Crippen molar-refractivity contribution in [3.63, 3.8) is 0 Å². The van der Waals surface area contributed by atoms with Gasteiger partial charge in [-0.15, -0.1) is 22.7 Å². The summed E-state index contributed by atoms with van der Waals surface area (Å²) in [7, 11) is 2.53. The number of thiazole rings is 2. The van der Waals surface area contributed by atoms with Gasteiger partial charge in [-0.25, -0.2) is 9.97 Å². The number of ether oxygens (including phenoxy) is 1. The number of nitrogens with zero attached hydrogens (tertiary/aromatic N) is 2. The van der Waals surface area contributed by atoms with Crippen molar-refractivity contribution in [3.05, 3.63) is 63.7 Å². The summed E-state index contributed by atoms with van der Waals surface area (Å²) in [6, 6.07) is 0. The topological polar surface area (TPSA) is 98.3 Å². The number of aromatic nitrogens is 2. The normalized spacial score (nSPS) is 13.2. The zero-order chi connectivity index (χ0) is 23.9. The SMILES string of the molecule is CO.CO/C(=C\C(N)=O)CC/C=C/c1csc(-c2csc(C(C)/C=C/C=C/C(C)C)n2)n1. The quantitative estimate of drug-likeness (QED) is 0.252. The van der Waals surface area contributed by atoms with E-state index >= 15 is 0 Å². The van der Waals surface area contributed by atoms with Gasteiger partial charge in [0, 0.05) is 36.3 Å². The maximum absolute atomic E-state index is 10.9. The molecule has 0 saturated carbocycles. The number of rotatable bonds is 11. The van der Waals surface area contributed by atoms with Crippen molar-refractivity contribution in [1.82, 2.24) is 9.97 Å². The van der Waals surface area contributed by atoms with Crippen LogP contribution in [0.15, 0.2) is 53.0 Å². The summed E-state index contributed by atoms with van der Waals surface area (Å²) in [5.41, 5.74) is 6.97. The van der Waals surface area contributed by atoms with Gasteiger partial charge in [-0.3, -0.25) is 4.79 Å². The zero-order valence-corrected chi connectivity index (χ0v) is 21.0. The molecule has 0 aliphatic heterocycles. The number of allylic oxidation sites excluding steroid dienone is 6. The summed E-state index contributed by atoms with van der Waals surface area (Å²) in [4.78, 5) is 20.3. The smallest absolute Gasteiger partial charge is 0.244 e. The second kappa shape index (κ2) is 15.3. The molecule has 0 fully saturated rings. The van der Waals surface area contributed by atoms with Crippen LogP contribution in [0.4, 0.5) is 0 Å². The van der Waals surface area contributed by atoms with Crippen molar-refractivity contribution in [2.24, 2.45) is 11.7 Å². The van der Waals surface area contributed by atoms with Crippen molar-refractivity contribution in [1.29, 1.82) is 0 Å². The maximum Gasteiger partial charge on any atom is 0.244 e. The first kappa shape index (κ1) is 27.5. The minimum atomic E-state index is -0.501. The van der Waals surface area contributed by atoms with Gasteiger partial charge in [-0.1, -0.05) is 51.2 Å². The molecule has 3 N–H and O–H groups in total. The first-order chi connectivity index (χ1) is 15.4. The molecule has 8 heteroatoms. The number of methoxy groups -OCH3 is 1. The molecular weight excluding hydrogens is 442 g/mol. The van der Waals surface area contributed by atoms with Crippen LogP contribution in [0, 0.1) is 5.92 Å². The zero-order valence-electron chi connectivity index (χ0n) is 19.3. The number of nitrogens with two attached hydrogens (primary N) is 1. The average molecular weight is 476 g/mol. The highest BCUT2D eigenvalue weighted by Gasteiger charge is 2.11. The fourth-order valence-corrected chi connectivity index (χ4v) is 4.16. The molecule has 174 valence electrons. The molecule has 32 heavy (non-hydrogen) atoms. The van der Waals surface area contributed by atoms with Gasteiger partial charge in [-0.05, 0) is 18.4 Å². The number of hydrogen-bond acceptors (Lipinski definition) is 7. The summed E-state index contributed by atoms with van der Waals surface area (Å²) < 4.78 is 5.14. The maximum atomic E-state index is 10.9. The molecule has 2 heterocycles. The number of primary amides is 1. The van der Waals surface area contributed by atoms with Gasteiger partial charge >= 0.3 is 0 Å². The Morgan fingerprint density at radius 2 is 1.88 bits per heavy atom. The molecule has 0 aliphatic rings. The Morgan fingerprint density at radius 3 is 2.53 bits per heavy atom. The first-order valence-electron chi connectivity index (χ1n) is 10.3. The molecular formula is C24H33N3O3S2. The summed E-state index contributed by atoms with van der Waals surface area (Å²) in [5, 5.41) is 13.1. The molecule has 1 unspecified atom stereocenters. The Hall–Kier alpha value is -2.55. The molecule has 1 amide bonds. The minimum absolute atomic E-state index is 0.267. The number of aliphatic hydroxyl groups excluding tert-OH is 1. The highest BCUT2D eigenvalue weighted by Crippen LogP contribution is 2.29. The third-order valence-corrected chi connectivity index (χ3v) is 6.00. The summed E-state index contributed by atoms with van der Waals surface area (Å²) >= 11 is 3.25. The van der Waals surface area contributed by atoms with Crippen LogP contribution in [0.2, 0.25) is 0 Å². The van der Waals surface area contributed by atoms with E-state index in [1.807, 2.05) is 17.5 Å². The van der Waals surface area contributed by atoms with E-state index in [1.54, 1.807) is 22.7 Å².